The minimum atomic E-state index is -0.109. The predicted molar refractivity (Wildman–Crippen MR) is 194 cm³/mol. The van der Waals surface area contributed by atoms with Crippen LogP contribution >= 0.6 is 0 Å². The molecule has 3 heteroatoms. The van der Waals surface area contributed by atoms with Gasteiger partial charge in [0.1, 0.15) is 0 Å². The Morgan fingerprint density at radius 1 is 0.447 bits per heavy atom. The maximum Gasteiger partial charge on any atom is 0.160 e. The molecule has 1 aliphatic rings. The first-order chi connectivity index (χ1) is 23.1. The molecule has 9 rings (SSSR count). The van der Waals surface area contributed by atoms with E-state index >= 15 is 0 Å². The third-order valence-electron chi connectivity index (χ3n) is 9.75. The van der Waals surface area contributed by atoms with Crippen molar-refractivity contribution >= 4 is 21.7 Å². The zero-order chi connectivity index (χ0) is 31.5. The van der Waals surface area contributed by atoms with Gasteiger partial charge >= 0.3 is 0 Å². The Hall–Kier alpha value is -5.93. The predicted octanol–water partition coefficient (Wildman–Crippen LogP) is 11.2. The van der Waals surface area contributed by atoms with Crippen molar-refractivity contribution in [1.82, 2.24) is 15.0 Å². The maximum atomic E-state index is 5.21. The molecule has 1 aliphatic carbocycles. The van der Waals surface area contributed by atoms with Crippen molar-refractivity contribution in [2.45, 2.75) is 19.3 Å². The molecule has 0 fully saturated rings. The molecule has 8 aromatic rings. The fraction of sp³-hybridized carbons (Fsp3) is 0.0682. The smallest absolute Gasteiger partial charge is 0.160 e. The van der Waals surface area contributed by atoms with Crippen molar-refractivity contribution in [2.24, 2.45) is 0 Å². The van der Waals surface area contributed by atoms with Gasteiger partial charge in [-0.25, -0.2) is 9.97 Å². The van der Waals surface area contributed by atoms with Crippen molar-refractivity contribution < 1.29 is 0 Å². The van der Waals surface area contributed by atoms with E-state index in [4.69, 9.17) is 9.97 Å². The molecule has 0 aliphatic heterocycles. The molecule has 6 aromatic carbocycles. The summed E-state index contributed by atoms with van der Waals surface area (Å²) in [6, 6.07) is 51.6. The van der Waals surface area contributed by atoms with E-state index in [1.165, 1.54) is 44.2 Å². The first kappa shape index (κ1) is 27.4. The lowest BCUT2D eigenvalue weighted by molar-refractivity contribution is 0.662. The minimum absolute atomic E-state index is 0.109. The molecule has 0 atom stereocenters. The number of benzene rings is 6. The van der Waals surface area contributed by atoms with Gasteiger partial charge in [0.25, 0.3) is 0 Å². The zero-order valence-electron chi connectivity index (χ0n) is 26.3. The van der Waals surface area contributed by atoms with Crippen molar-refractivity contribution in [2.75, 3.05) is 0 Å². The lowest BCUT2D eigenvalue weighted by Crippen LogP contribution is -2.16. The molecule has 0 bridgehead atoms. The Balaban J connectivity index is 1.28. The summed E-state index contributed by atoms with van der Waals surface area (Å²) >= 11 is 0. The summed E-state index contributed by atoms with van der Waals surface area (Å²) in [7, 11) is 0. The maximum absolute atomic E-state index is 5.21. The molecule has 2 aromatic heterocycles. The molecular weight excluding hydrogens is 571 g/mol. The average Bonchev–Trinajstić information content (AvgIpc) is 3.37. The van der Waals surface area contributed by atoms with Crippen molar-refractivity contribution in [3.05, 3.63) is 163 Å². The fourth-order valence-corrected chi connectivity index (χ4v) is 7.60. The molecular formula is C44H31N3. The van der Waals surface area contributed by atoms with Crippen LogP contribution in [0.15, 0.2) is 152 Å². The van der Waals surface area contributed by atoms with Crippen LogP contribution in [0.3, 0.4) is 0 Å². The Morgan fingerprint density at radius 3 is 1.83 bits per heavy atom. The fourth-order valence-electron chi connectivity index (χ4n) is 7.60. The summed E-state index contributed by atoms with van der Waals surface area (Å²) in [5.41, 5.74) is 13.7. The Kier molecular flexibility index (Phi) is 6.16. The molecule has 47 heavy (non-hydrogen) atoms. The van der Waals surface area contributed by atoms with Gasteiger partial charge in [0.2, 0.25) is 0 Å². The highest BCUT2D eigenvalue weighted by atomic mass is 14.9. The molecule has 0 N–H and O–H groups in total. The zero-order valence-corrected chi connectivity index (χ0v) is 26.3. The monoisotopic (exact) mass is 601 g/mol. The molecule has 2 heterocycles. The number of aromatic nitrogens is 3. The van der Waals surface area contributed by atoms with Crippen LogP contribution in [0.25, 0.3) is 77.8 Å². The van der Waals surface area contributed by atoms with E-state index in [9.17, 15) is 0 Å². The van der Waals surface area contributed by atoms with Gasteiger partial charge in [-0.15, -0.1) is 0 Å². The lowest BCUT2D eigenvalue weighted by Gasteiger charge is -2.25. The van der Waals surface area contributed by atoms with Crippen molar-refractivity contribution in [1.29, 1.82) is 0 Å². The third kappa shape index (κ3) is 4.31. The van der Waals surface area contributed by atoms with Crippen molar-refractivity contribution in [3.63, 3.8) is 0 Å². The Bertz CT molecular complexity index is 2490. The topological polar surface area (TPSA) is 38.7 Å². The highest BCUT2D eigenvalue weighted by Gasteiger charge is 2.37. The van der Waals surface area contributed by atoms with Crippen LogP contribution in [-0.4, -0.2) is 15.0 Å². The van der Waals surface area contributed by atoms with Gasteiger partial charge in [-0.1, -0.05) is 141 Å². The van der Waals surface area contributed by atoms with Gasteiger partial charge in [-0.3, -0.25) is 4.98 Å². The lowest BCUT2D eigenvalue weighted by atomic mass is 9.78. The molecule has 0 spiro atoms. The highest BCUT2D eigenvalue weighted by Crippen LogP contribution is 2.53. The van der Waals surface area contributed by atoms with Crippen LogP contribution in [0.2, 0.25) is 0 Å². The molecule has 0 saturated carbocycles. The first-order valence-electron chi connectivity index (χ1n) is 16.1. The second-order valence-corrected chi connectivity index (χ2v) is 12.8. The van der Waals surface area contributed by atoms with Crippen LogP contribution < -0.4 is 0 Å². The summed E-state index contributed by atoms with van der Waals surface area (Å²) in [5.74, 6) is 0.701. The standard InChI is InChI=1S/C44H31N3/c1-44(2)38-22-9-8-17-32(38)37-20-10-19-36(42(37)44)31-24-25-35(30-16-7-6-15-29(30)31)41-27-40(46-43(47-41)28-13-4-3-5-14-28)34-18-11-23-39-33(34)21-12-26-45-39/h3-27H,1-2H3. The molecule has 0 saturated heterocycles. The summed E-state index contributed by atoms with van der Waals surface area (Å²) in [5, 5.41) is 3.44. The second kappa shape index (κ2) is 10.6. The normalized spacial score (nSPS) is 13.1. The summed E-state index contributed by atoms with van der Waals surface area (Å²) in [4.78, 5) is 15.0. The quantitative estimate of drug-likeness (QED) is 0.201. The van der Waals surface area contributed by atoms with Gasteiger partial charge < -0.3 is 0 Å². The molecule has 0 unspecified atom stereocenters. The number of pyridine rings is 1. The van der Waals surface area contributed by atoms with E-state index in [0.29, 0.717) is 5.82 Å². The molecule has 0 amide bonds. The Labute approximate surface area is 274 Å². The van der Waals surface area contributed by atoms with Gasteiger partial charge in [0.15, 0.2) is 5.82 Å². The molecule has 222 valence electrons. The van der Waals surface area contributed by atoms with Gasteiger partial charge in [0, 0.05) is 33.7 Å². The number of nitrogens with zero attached hydrogens (tertiary/aromatic N) is 3. The van der Waals surface area contributed by atoms with E-state index in [1.54, 1.807) is 0 Å². The largest absolute Gasteiger partial charge is 0.256 e. The van der Waals surface area contributed by atoms with Crippen LogP contribution in [0.1, 0.15) is 25.0 Å². The number of fused-ring (bicyclic) bond motifs is 5. The van der Waals surface area contributed by atoms with E-state index < -0.39 is 0 Å². The molecule has 0 radical (unpaired) electrons. The highest BCUT2D eigenvalue weighted by molar-refractivity contribution is 6.06. The van der Waals surface area contributed by atoms with E-state index in [0.717, 1.165) is 39.0 Å². The van der Waals surface area contributed by atoms with Crippen molar-refractivity contribution in [3.8, 4) is 56.2 Å². The number of hydrogen-bond acceptors (Lipinski definition) is 3. The summed E-state index contributed by atoms with van der Waals surface area (Å²) in [6.07, 6.45) is 1.84. The van der Waals surface area contributed by atoms with Crippen LogP contribution in [-0.2, 0) is 5.41 Å². The Morgan fingerprint density at radius 2 is 1.02 bits per heavy atom. The van der Waals surface area contributed by atoms with Gasteiger partial charge in [0.05, 0.1) is 16.9 Å². The van der Waals surface area contributed by atoms with Gasteiger partial charge in [-0.05, 0) is 62.4 Å². The van der Waals surface area contributed by atoms with E-state index in [1.807, 2.05) is 36.5 Å². The minimum Gasteiger partial charge on any atom is -0.256 e. The number of hydrogen-bond donors (Lipinski definition) is 0. The first-order valence-corrected chi connectivity index (χ1v) is 16.1. The number of rotatable bonds is 4. The molecule has 3 nitrogen and oxygen atoms in total. The third-order valence-corrected chi connectivity index (χ3v) is 9.75. The van der Waals surface area contributed by atoms with Crippen LogP contribution in [0.4, 0.5) is 0 Å². The SMILES string of the molecule is CC1(C)c2ccccc2-c2cccc(-c3ccc(-c4cc(-c5cccc6ncccc56)nc(-c5ccccc5)n4)c4ccccc34)c21. The van der Waals surface area contributed by atoms with Crippen LogP contribution in [0.5, 0.6) is 0 Å². The van der Waals surface area contributed by atoms with E-state index in [-0.39, 0.29) is 5.41 Å². The average molecular weight is 602 g/mol. The van der Waals surface area contributed by atoms with E-state index in [2.05, 4.69) is 134 Å². The van der Waals surface area contributed by atoms with Crippen LogP contribution in [0, 0.1) is 0 Å². The summed E-state index contributed by atoms with van der Waals surface area (Å²) < 4.78 is 0. The second-order valence-electron chi connectivity index (χ2n) is 12.8. The van der Waals surface area contributed by atoms with Gasteiger partial charge in [-0.2, -0.15) is 0 Å². The summed E-state index contributed by atoms with van der Waals surface area (Å²) in [6.45, 7) is 4.71.